The van der Waals surface area contributed by atoms with Crippen LogP contribution >= 0.6 is 0 Å². The summed E-state index contributed by atoms with van der Waals surface area (Å²) in [4.78, 5) is 26.7. The van der Waals surface area contributed by atoms with Crippen molar-refractivity contribution >= 4 is 18.1 Å². The number of benzene rings is 1. The summed E-state index contributed by atoms with van der Waals surface area (Å²) in [5.41, 5.74) is 1.32. The van der Waals surface area contributed by atoms with E-state index in [1.807, 2.05) is 44.2 Å². The summed E-state index contributed by atoms with van der Waals surface area (Å²) >= 11 is 0. The molecule has 4 nitrogen and oxygen atoms in total. The number of carbonyl (C=O) groups excluding carboxylic acids is 2. The number of hydrogen-bond acceptors (Lipinski definition) is 3. The van der Waals surface area contributed by atoms with E-state index < -0.39 is 6.09 Å². The van der Waals surface area contributed by atoms with Gasteiger partial charge in [-0.2, -0.15) is 4.99 Å². The van der Waals surface area contributed by atoms with E-state index in [9.17, 15) is 9.59 Å². The monoisotopic (exact) mass is 315 g/mol. The molecular weight excluding hydrogens is 290 g/mol. The van der Waals surface area contributed by atoms with E-state index in [2.05, 4.69) is 11.6 Å². The quantitative estimate of drug-likeness (QED) is 0.386. The zero-order valence-corrected chi connectivity index (χ0v) is 13.9. The lowest BCUT2D eigenvalue weighted by Crippen LogP contribution is -2.20. The van der Waals surface area contributed by atoms with Crippen LogP contribution in [0.3, 0.4) is 0 Å². The van der Waals surface area contributed by atoms with Gasteiger partial charge in [0.15, 0.2) is 6.29 Å². The van der Waals surface area contributed by atoms with Gasteiger partial charge in [-0.05, 0) is 30.7 Å². The van der Waals surface area contributed by atoms with Gasteiger partial charge in [-0.25, -0.2) is 4.79 Å². The minimum atomic E-state index is -0.697. The molecule has 1 atom stereocenters. The van der Waals surface area contributed by atoms with Crippen LogP contribution in [-0.4, -0.2) is 24.2 Å². The second-order valence-corrected chi connectivity index (χ2v) is 5.88. The van der Waals surface area contributed by atoms with Crippen molar-refractivity contribution in [3.8, 4) is 0 Å². The number of aldehydes is 1. The number of allylic oxidation sites excluding steroid dienone is 1. The van der Waals surface area contributed by atoms with Crippen molar-refractivity contribution in [1.29, 1.82) is 0 Å². The molecule has 0 N–H and O–H groups in total. The van der Waals surface area contributed by atoms with Gasteiger partial charge in [0.05, 0.1) is 5.71 Å². The Morgan fingerprint density at radius 3 is 2.57 bits per heavy atom. The molecule has 1 aromatic carbocycles. The highest BCUT2D eigenvalue weighted by atomic mass is 16.6. The molecule has 0 heterocycles. The second-order valence-electron chi connectivity index (χ2n) is 5.88. The molecule has 0 aromatic heterocycles. The molecule has 0 bridgehead atoms. The van der Waals surface area contributed by atoms with Gasteiger partial charge < -0.3 is 4.74 Å². The number of hydrogen-bond donors (Lipinski definition) is 0. The molecule has 23 heavy (non-hydrogen) atoms. The average molecular weight is 315 g/mol. The molecule has 0 aliphatic rings. The Morgan fingerprint density at radius 1 is 1.30 bits per heavy atom. The van der Waals surface area contributed by atoms with Crippen molar-refractivity contribution in [3.05, 3.63) is 48.6 Å². The van der Waals surface area contributed by atoms with E-state index in [1.54, 1.807) is 6.08 Å². The molecule has 1 rings (SSSR count). The molecule has 0 radical (unpaired) electrons. The summed E-state index contributed by atoms with van der Waals surface area (Å²) in [7, 11) is 0. The van der Waals surface area contributed by atoms with E-state index in [4.69, 9.17) is 4.74 Å². The van der Waals surface area contributed by atoms with Gasteiger partial charge in [-0.15, -0.1) is 6.58 Å². The minimum Gasteiger partial charge on any atom is -0.444 e. The lowest BCUT2D eigenvalue weighted by molar-refractivity contribution is -0.102. The second kappa shape index (κ2) is 10.5. The molecule has 0 saturated carbocycles. The van der Waals surface area contributed by atoms with Crippen molar-refractivity contribution in [3.63, 3.8) is 0 Å². The summed E-state index contributed by atoms with van der Waals surface area (Å²) in [6, 6.07) is 9.84. The SMILES string of the molecule is C=CCCC(Cc1ccccc1)OC(=O)/N=C(\C=O)CC(C)C. The fraction of sp³-hybridized carbons (Fsp3) is 0.421. The zero-order chi connectivity index (χ0) is 17.1. The lowest BCUT2D eigenvalue weighted by atomic mass is 10.0. The first kappa shape index (κ1) is 18.8. The molecule has 1 aromatic rings. The average Bonchev–Trinajstić information content (AvgIpc) is 2.52. The highest BCUT2D eigenvalue weighted by Gasteiger charge is 2.15. The van der Waals surface area contributed by atoms with Gasteiger partial charge in [0.2, 0.25) is 0 Å². The van der Waals surface area contributed by atoms with Gasteiger partial charge in [0, 0.05) is 6.42 Å². The summed E-state index contributed by atoms with van der Waals surface area (Å²) < 4.78 is 5.44. The first-order valence-corrected chi connectivity index (χ1v) is 7.93. The highest BCUT2D eigenvalue weighted by molar-refractivity contribution is 6.30. The molecule has 124 valence electrons. The lowest BCUT2D eigenvalue weighted by Gasteiger charge is -2.16. The zero-order valence-electron chi connectivity index (χ0n) is 13.9. The summed E-state index contributed by atoms with van der Waals surface area (Å²) in [5.74, 6) is 0.257. The largest absolute Gasteiger partial charge is 0.444 e. The first-order chi connectivity index (χ1) is 11.0. The van der Waals surface area contributed by atoms with E-state index in [0.717, 1.165) is 12.0 Å². The Hall–Kier alpha value is -2.23. The first-order valence-electron chi connectivity index (χ1n) is 7.93. The standard InChI is InChI=1S/C19H25NO3/c1-4-5-11-18(13-16-9-7-6-8-10-16)23-19(22)20-17(14-21)12-15(2)3/h4,6-10,14-15,18H,1,5,11-13H2,2-3H3/b20-17-. The Balaban J connectivity index is 2.71. The third kappa shape index (κ3) is 8.10. The molecule has 4 heteroatoms. The molecule has 0 aliphatic heterocycles. The number of carbonyl (C=O) groups is 2. The number of nitrogens with zero attached hydrogens (tertiary/aromatic N) is 1. The smallest absolute Gasteiger partial charge is 0.434 e. The topological polar surface area (TPSA) is 55.7 Å². The molecule has 0 saturated heterocycles. The number of amides is 1. The van der Waals surface area contributed by atoms with Gasteiger partial charge >= 0.3 is 6.09 Å². The molecule has 0 aliphatic carbocycles. The van der Waals surface area contributed by atoms with Crippen molar-refractivity contribution in [1.82, 2.24) is 0 Å². The summed E-state index contributed by atoms with van der Waals surface area (Å²) in [5, 5.41) is 0. The van der Waals surface area contributed by atoms with Crippen LogP contribution in [0.2, 0.25) is 0 Å². The number of rotatable bonds is 9. The van der Waals surface area contributed by atoms with Gasteiger partial charge in [0.25, 0.3) is 0 Å². The van der Waals surface area contributed by atoms with E-state index in [0.29, 0.717) is 25.5 Å². The molecule has 1 amide bonds. The maximum absolute atomic E-state index is 12.0. The molecular formula is C19H25NO3. The minimum absolute atomic E-state index is 0.229. The highest BCUT2D eigenvalue weighted by Crippen LogP contribution is 2.13. The van der Waals surface area contributed by atoms with Crippen LogP contribution in [0.4, 0.5) is 4.79 Å². The van der Waals surface area contributed by atoms with Crippen molar-refractivity contribution in [2.75, 3.05) is 0 Å². The van der Waals surface area contributed by atoms with E-state index >= 15 is 0 Å². The number of ether oxygens (including phenoxy) is 1. The van der Waals surface area contributed by atoms with Crippen LogP contribution in [0.25, 0.3) is 0 Å². The maximum Gasteiger partial charge on any atom is 0.434 e. The van der Waals surface area contributed by atoms with Crippen LogP contribution in [-0.2, 0) is 16.0 Å². The predicted molar refractivity (Wildman–Crippen MR) is 92.8 cm³/mol. The Bertz CT molecular complexity index is 535. The van der Waals surface area contributed by atoms with Crippen LogP contribution in [0.5, 0.6) is 0 Å². The summed E-state index contributed by atoms with van der Waals surface area (Å²) in [6.07, 6.45) is 3.96. The third-order valence-electron chi connectivity index (χ3n) is 3.25. The normalized spacial score (nSPS) is 12.7. The van der Waals surface area contributed by atoms with Crippen molar-refractivity contribution < 1.29 is 14.3 Å². The Labute approximate surface area is 138 Å². The predicted octanol–water partition coefficient (Wildman–Crippen LogP) is 4.39. The van der Waals surface area contributed by atoms with Crippen molar-refractivity contribution in [2.45, 2.75) is 45.6 Å². The van der Waals surface area contributed by atoms with Gasteiger partial charge in [0.1, 0.15) is 6.10 Å². The Morgan fingerprint density at radius 2 is 2.00 bits per heavy atom. The maximum atomic E-state index is 12.0. The van der Waals surface area contributed by atoms with Gasteiger partial charge in [-0.3, -0.25) is 4.79 Å². The van der Waals surface area contributed by atoms with Crippen LogP contribution < -0.4 is 0 Å². The fourth-order valence-electron chi connectivity index (χ4n) is 2.21. The molecule has 0 spiro atoms. The fourth-order valence-corrected chi connectivity index (χ4v) is 2.21. The summed E-state index contributed by atoms with van der Waals surface area (Å²) in [6.45, 7) is 7.63. The van der Waals surface area contributed by atoms with E-state index in [1.165, 1.54) is 0 Å². The number of aliphatic imine (C=N–C) groups is 1. The molecule has 1 unspecified atom stereocenters. The Kier molecular flexibility index (Phi) is 8.58. The van der Waals surface area contributed by atoms with Crippen LogP contribution in [0.15, 0.2) is 48.0 Å². The molecule has 0 fully saturated rings. The third-order valence-corrected chi connectivity index (χ3v) is 3.25. The van der Waals surface area contributed by atoms with Crippen molar-refractivity contribution in [2.24, 2.45) is 10.9 Å². The van der Waals surface area contributed by atoms with Gasteiger partial charge in [-0.1, -0.05) is 50.3 Å². The van der Waals surface area contributed by atoms with E-state index in [-0.39, 0.29) is 17.7 Å². The van der Waals surface area contributed by atoms with Crippen LogP contribution in [0.1, 0.15) is 38.7 Å². The van der Waals surface area contributed by atoms with Crippen LogP contribution in [0, 0.1) is 5.92 Å².